The minimum Gasteiger partial charge on any atom is -0.497 e. The Bertz CT molecular complexity index is 774. The first kappa shape index (κ1) is 13.6. The van der Waals surface area contributed by atoms with Crippen molar-refractivity contribution < 1.29 is 9.53 Å². The molecule has 1 N–H and O–H groups in total. The van der Waals surface area contributed by atoms with Crippen molar-refractivity contribution in [1.82, 2.24) is 14.7 Å². The molecule has 0 unspecified atom stereocenters. The van der Waals surface area contributed by atoms with Gasteiger partial charge >= 0.3 is 0 Å². The van der Waals surface area contributed by atoms with Crippen LogP contribution in [0.25, 0.3) is 16.2 Å². The highest BCUT2D eigenvalue weighted by Crippen LogP contribution is 2.25. The molecule has 0 aliphatic heterocycles. The molecule has 5 nitrogen and oxygen atoms in total. The van der Waals surface area contributed by atoms with Gasteiger partial charge in [0.1, 0.15) is 5.75 Å². The van der Waals surface area contributed by atoms with Crippen molar-refractivity contribution in [3.8, 4) is 17.0 Å². The first-order valence-electron chi connectivity index (χ1n) is 6.51. The van der Waals surface area contributed by atoms with Gasteiger partial charge in [-0.25, -0.2) is 4.98 Å². The fourth-order valence-corrected chi connectivity index (χ4v) is 2.98. The number of hydrogen-bond donors (Lipinski definition) is 1. The number of carbonyl (C=O) groups is 1. The van der Waals surface area contributed by atoms with E-state index >= 15 is 0 Å². The molecule has 0 radical (unpaired) electrons. The highest BCUT2D eigenvalue weighted by Gasteiger charge is 2.11. The van der Waals surface area contributed by atoms with Crippen LogP contribution in [0.5, 0.6) is 5.75 Å². The SMILES string of the molecule is CNC(=O)Cc1csc2nc(-c3ccc(OC)cc3)cn12. The molecular weight excluding hydrogens is 286 g/mol. The molecule has 0 spiro atoms. The molecule has 0 aliphatic rings. The van der Waals surface area contributed by atoms with Gasteiger partial charge in [0.05, 0.1) is 19.2 Å². The van der Waals surface area contributed by atoms with Gasteiger partial charge in [-0.1, -0.05) is 0 Å². The maximum absolute atomic E-state index is 11.5. The van der Waals surface area contributed by atoms with E-state index in [0.717, 1.165) is 27.7 Å². The smallest absolute Gasteiger partial charge is 0.225 e. The zero-order valence-corrected chi connectivity index (χ0v) is 12.6. The van der Waals surface area contributed by atoms with Crippen LogP contribution in [0.3, 0.4) is 0 Å². The Morgan fingerprint density at radius 2 is 2.14 bits per heavy atom. The van der Waals surface area contributed by atoms with Crippen LogP contribution >= 0.6 is 11.3 Å². The minimum atomic E-state index is -0.00519. The second kappa shape index (κ2) is 5.57. The molecule has 21 heavy (non-hydrogen) atoms. The van der Waals surface area contributed by atoms with Gasteiger partial charge in [0, 0.05) is 29.9 Å². The summed E-state index contributed by atoms with van der Waals surface area (Å²) in [5.74, 6) is 0.814. The van der Waals surface area contributed by atoms with Crippen LogP contribution in [0.4, 0.5) is 0 Å². The standard InChI is InChI=1S/C15H15N3O2S/c1-16-14(19)7-11-9-21-15-17-13(8-18(11)15)10-3-5-12(20-2)6-4-10/h3-6,8-9H,7H2,1-2H3,(H,16,19). The van der Waals surface area contributed by atoms with Crippen LogP contribution in [0, 0.1) is 0 Å². The van der Waals surface area contributed by atoms with Gasteiger partial charge in [-0.15, -0.1) is 11.3 Å². The summed E-state index contributed by atoms with van der Waals surface area (Å²) in [6.07, 6.45) is 2.32. The average molecular weight is 301 g/mol. The summed E-state index contributed by atoms with van der Waals surface area (Å²) in [6, 6.07) is 7.77. The summed E-state index contributed by atoms with van der Waals surface area (Å²) in [5, 5.41) is 4.60. The van der Waals surface area contributed by atoms with E-state index in [-0.39, 0.29) is 5.91 Å². The second-order valence-corrected chi connectivity index (χ2v) is 5.42. The Labute approximate surface area is 126 Å². The molecule has 0 saturated heterocycles. The van der Waals surface area contributed by atoms with Crippen molar-refractivity contribution in [2.24, 2.45) is 0 Å². The summed E-state index contributed by atoms with van der Waals surface area (Å²) in [5.41, 5.74) is 2.86. The number of imidazole rings is 1. The fraction of sp³-hybridized carbons (Fsp3) is 0.200. The van der Waals surface area contributed by atoms with Gasteiger partial charge in [-0.3, -0.25) is 9.20 Å². The van der Waals surface area contributed by atoms with Gasteiger partial charge in [0.2, 0.25) is 5.91 Å². The minimum absolute atomic E-state index is 0.00519. The van der Waals surface area contributed by atoms with E-state index in [1.54, 1.807) is 14.2 Å². The third kappa shape index (κ3) is 2.62. The molecule has 6 heteroatoms. The number of nitrogens with zero attached hydrogens (tertiary/aromatic N) is 2. The second-order valence-electron chi connectivity index (χ2n) is 4.58. The molecule has 0 saturated carbocycles. The molecule has 1 aromatic carbocycles. The molecule has 0 aliphatic carbocycles. The molecule has 3 aromatic rings. The number of hydrogen-bond acceptors (Lipinski definition) is 4. The van der Waals surface area contributed by atoms with Gasteiger partial charge in [-0.05, 0) is 24.3 Å². The van der Waals surface area contributed by atoms with Crippen molar-refractivity contribution >= 4 is 22.2 Å². The van der Waals surface area contributed by atoms with Gasteiger partial charge in [-0.2, -0.15) is 0 Å². The number of likely N-dealkylation sites (N-methyl/N-ethyl adjacent to an activating group) is 1. The van der Waals surface area contributed by atoms with Crippen LogP contribution in [0.2, 0.25) is 0 Å². The van der Waals surface area contributed by atoms with Crippen LogP contribution < -0.4 is 10.1 Å². The van der Waals surface area contributed by atoms with Crippen LogP contribution in [0.1, 0.15) is 5.69 Å². The van der Waals surface area contributed by atoms with E-state index in [1.165, 1.54) is 11.3 Å². The number of aromatic nitrogens is 2. The Morgan fingerprint density at radius 3 is 2.81 bits per heavy atom. The van der Waals surface area contributed by atoms with E-state index in [0.29, 0.717) is 6.42 Å². The van der Waals surface area contributed by atoms with Gasteiger partial charge < -0.3 is 10.1 Å². The van der Waals surface area contributed by atoms with Crippen LogP contribution in [-0.4, -0.2) is 29.4 Å². The molecule has 108 valence electrons. The molecule has 2 heterocycles. The molecule has 0 bridgehead atoms. The maximum Gasteiger partial charge on any atom is 0.225 e. The third-order valence-corrected chi connectivity index (χ3v) is 4.18. The Balaban J connectivity index is 1.95. The number of rotatable bonds is 4. The number of nitrogens with one attached hydrogen (secondary N) is 1. The highest BCUT2D eigenvalue weighted by atomic mass is 32.1. The van der Waals surface area contributed by atoms with Crippen LogP contribution in [-0.2, 0) is 11.2 Å². The summed E-state index contributed by atoms with van der Waals surface area (Å²) in [7, 11) is 3.29. The third-order valence-electron chi connectivity index (χ3n) is 3.29. The van der Waals surface area contributed by atoms with Crippen molar-refractivity contribution in [2.45, 2.75) is 6.42 Å². The first-order valence-corrected chi connectivity index (χ1v) is 7.39. The summed E-state index contributed by atoms with van der Waals surface area (Å²) >= 11 is 1.54. The first-order chi connectivity index (χ1) is 10.2. The Hall–Kier alpha value is -2.34. The Kier molecular flexibility index (Phi) is 3.62. The quantitative estimate of drug-likeness (QED) is 0.805. The maximum atomic E-state index is 11.5. The summed E-state index contributed by atoms with van der Waals surface area (Å²) in [4.78, 5) is 17.0. The number of carbonyl (C=O) groups excluding carboxylic acids is 1. The topological polar surface area (TPSA) is 55.6 Å². The fourth-order valence-electron chi connectivity index (χ4n) is 2.11. The number of benzene rings is 1. The predicted molar refractivity (Wildman–Crippen MR) is 82.8 cm³/mol. The summed E-state index contributed by atoms with van der Waals surface area (Å²) in [6.45, 7) is 0. The van der Waals surface area contributed by atoms with Crippen molar-refractivity contribution in [3.05, 3.63) is 41.5 Å². The molecular formula is C15H15N3O2S. The lowest BCUT2D eigenvalue weighted by Crippen LogP contribution is -2.20. The van der Waals surface area contributed by atoms with Crippen molar-refractivity contribution in [2.75, 3.05) is 14.2 Å². The lowest BCUT2D eigenvalue weighted by molar-refractivity contribution is -0.120. The molecule has 3 rings (SSSR count). The van der Waals surface area contributed by atoms with Crippen LogP contribution in [0.15, 0.2) is 35.8 Å². The lowest BCUT2D eigenvalue weighted by Gasteiger charge is -2.00. The number of amides is 1. The van der Waals surface area contributed by atoms with E-state index in [2.05, 4.69) is 10.3 Å². The Morgan fingerprint density at radius 1 is 1.38 bits per heavy atom. The monoisotopic (exact) mass is 301 g/mol. The normalized spacial score (nSPS) is 10.8. The van der Waals surface area contributed by atoms with Gasteiger partial charge in [0.25, 0.3) is 0 Å². The van der Waals surface area contributed by atoms with E-state index < -0.39 is 0 Å². The number of ether oxygens (including phenoxy) is 1. The van der Waals surface area contributed by atoms with E-state index in [1.807, 2.05) is 40.2 Å². The number of fused-ring (bicyclic) bond motifs is 1. The molecule has 2 aromatic heterocycles. The zero-order valence-electron chi connectivity index (χ0n) is 11.8. The van der Waals surface area contributed by atoms with Gasteiger partial charge in [0.15, 0.2) is 4.96 Å². The molecule has 1 amide bonds. The van der Waals surface area contributed by atoms with Crippen molar-refractivity contribution in [3.63, 3.8) is 0 Å². The summed E-state index contributed by atoms with van der Waals surface area (Å²) < 4.78 is 7.13. The molecule has 0 fully saturated rings. The van der Waals surface area contributed by atoms with E-state index in [4.69, 9.17) is 4.74 Å². The zero-order chi connectivity index (χ0) is 14.8. The largest absolute Gasteiger partial charge is 0.497 e. The number of methoxy groups -OCH3 is 1. The average Bonchev–Trinajstić information content (AvgIpc) is 3.09. The van der Waals surface area contributed by atoms with E-state index in [9.17, 15) is 4.79 Å². The highest BCUT2D eigenvalue weighted by molar-refractivity contribution is 7.15. The number of thiazole rings is 1. The molecule has 0 atom stereocenters. The predicted octanol–water partition coefficient (Wildman–Crippen LogP) is 2.36. The lowest BCUT2D eigenvalue weighted by atomic mass is 10.2. The van der Waals surface area contributed by atoms with Crippen molar-refractivity contribution in [1.29, 1.82) is 0 Å².